The number of alkyl halides is 3. The largest absolute Gasteiger partial charge is 0.460 e. The molecule has 0 aliphatic carbocycles. The average Bonchev–Trinajstić information content (AvgIpc) is 3.29. The lowest BCUT2D eigenvalue weighted by Gasteiger charge is -2.15. The zero-order chi connectivity index (χ0) is 28.0. The van der Waals surface area contributed by atoms with Gasteiger partial charge >= 0.3 is 18.2 Å². The predicted molar refractivity (Wildman–Crippen MR) is 132 cm³/mol. The van der Waals surface area contributed by atoms with Crippen molar-refractivity contribution in [1.29, 1.82) is 0 Å². The number of carbonyl (C=O) groups excluding carboxylic acids is 2. The van der Waals surface area contributed by atoms with Crippen LogP contribution in [0.25, 0.3) is 22.0 Å². The Labute approximate surface area is 219 Å². The first-order chi connectivity index (χ1) is 18.7. The fourth-order valence-electron chi connectivity index (χ4n) is 4.01. The van der Waals surface area contributed by atoms with Gasteiger partial charge in [-0.3, -0.25) is 9.69 Å². The van der Waals surface area contributed by atoms with Crippen molar-refractivity contribution in [1.82, 2.24) is 4.98 Å². The molecule has 1 atom stereocenters. The first-order valence-electron chi connectivity index (χ1n) is 11.9. The number of aliphatic hydroxyl groups excluding tert-OH is 1. The van der Waals surface area contributed by atoms with Gasteiger partial charge in [-0.1, -0.05) is 24.3 Å². The van der Waals surface area contributed by atoms with Gasteiger partial charge in [0.2, 0.25) is 0 Å². The SMILES string of the molecule is O=C(COCCOCCO)OCC1CN(c2ccc3cc(-c4ccccc4C(F)(F)F)[nH]c(=O)c3c2)C(=O)O1. The number of halogens is 3. The van der Waals surface area contributed by atoms with E-state index in [1.165, 1.54) is 41.3 Å². The van der Waals surface area contributed by atoms with E-state index in [4.69, 9.17) is 24.1 Å². The lowest BCUT2D eigenvalue weighted by Crippen LogP contribution is -2.27. The molecule has 39 heavy (non-hydrogen) atoms. The monoisotopic (exact) mass is 550 g/mol. The third-order valence-electron chi connectivity index (χ3n) is 5.80. The number of aromatic amines is 1. The van der Waals surface area contributed by atoms with Crippen molar-refractivity contribution in [2.45, 2.75) is 12.3 Å². The van der Waals surface area contributed by atoms with E-state index in [1.54, 1.807) is 6.07 Å². The second-order valence-corrected chi connectivity index (χ2v) is 8.51. The molecule has 0 radical (unpaired) electrons. The lowest BCUT2D eigenvalue weighted by atomic mass is 10.0. The normalized spacial score (nSPS) is 15.5. The average molecular weight is 550 g/mol. The van der Waals surface area contributed by atoms with E-state index in [0.29, 0.717) is 11.1 Å². The zero-order valence-corrected chi connectivity index (χ0v) is 20.5. The Balaban J connectivity index is 1.41. The van der Waals surface area contributed by atoms with Crippen molar-refractivity contribution in [2.24, 2.45) is 0 Å². The number of fused-ring (bicyclic) bond motifs is 1. The molecular formula is C26H25F3N2O8. The van der Waals surface area contributed by atoms with E-state index in [2.05, 4.69) is 4.98 Å². The fraction of sp³-hybridized carbons (Fsp3) is 0.346. The number of cyclic esters (lactones) is 1. The topological polar surface area (TPSA) is 127 Å². The molecule has 3 aromatic rings. The van der Waals surface area contributed by atoms with E-state index in [1.807, 2.05) is 0 Å². The number of aliphatic hydroxyl groups is 1. The van der Waals surface area contributed by atoms with Gasteiger partial charge in [-0.2, -0.15) is 13.2 Å². The number of hydrogen-bond acceptors (Lipinski definition) is 8. The van der Waals surface area contributed by atoms with Crippen LogP contribution in [0.4, 0.5) is 23.7 Å². The quantitative estimate of drug-likeness (QED) is 0.276. The number of nitrogens with one attached hydrogen (secondary N) is 1. The van der Waals surface area contributed by atoms with Crippen LogP contribution in [-0.2, 0) is 29.9 Å². The molecule has 1 fully saturated rings. The number of H-pyrrole nitrogens is 1. The third-order valence-corrected chi connectivity index (χ3v) is 5.80. The molecule has 2 heterocycles. The van der Waals surface area contributed by atoms with Gasteiger partial charge in [-0.25, -0.2) is 9.59 Å². The molecule has 4 rings (SSSR count). The van der Waals surface area contributed by atoms with Crippen LogP contribution in [-0.4, -0.2) is 74.4 Å². The first-order valence-corrected chi connectivity index (χ1v) is 11.9. The highest BCUT2D eigenvalue weighted by atomic mass is 19.4. The Kier molecular flexibility index (Phi) is 8.84. The van der Waals surface area contributed by atoms with Gasteiger partial charge in [-0.15, -0.1) is 0 Å². The summed E-state index contributed by atoms with van der Waals surface area (Å²) >= 11 is 0. The number of ether oxygens (including phenoxy) is 4. The minimum absolute atomic E-state index is 0.0114. The molecule has 1 aromatic heterocycles. The molecule has 2 aromatic carbocycles. The van der Waals surface area contributed by atoms with E-state index in [0.717, 1.165) is 6.07 Å². The van der Waals surface area contributed by atoms with E-state index in [-0.39, 0.29) is 62.8 Å². The molecule has 2 N–H and O–H groups in total. The molecule has 10 nitrogen and oxygen atoms in total. The van der Waals surface area contributed by atoms with E-state index >= 15 is 0 Å². The van der Waals surface area contributed by atoms with Crippen LogP contribution in [0.3, 0.4) is 0 Å². The van der Waals surface area contributed by atoms with Gasteiger partial charge in [0, 0.05) is 22.3 Å². The minimum Gasteiger partial charge on any atom is -0.460 e. The van der Waals surface area contributed by atoms with E-state index in [9.17, 15) is 27.6 Å². The van der Waals surface area contributed by atoms with Crippen molar-refractivity contribution in [2.75, 3.05) is 51.1 Å². The molecule has 1 saturated heterocycles. The maximum atomic E-state index is 13.5. The second-order valence-electron chi connectivity index (χ2n) is 8.51. The Morgan fingerprint density at radius 1 is 1.08 bits per heavy atom. The number of hydrogen-bond donors (Lipinski definition) is 2. The number of benzene rings is 2. The summed E-state index contributed by atoms with van der Waals surface area (Å²) in [6.07, 6.45) is -6.07. The molecule has 1 amide bonds. The summed E-state index contributed by atoms with van der Waals surface area (Å²) in [5, 5.41) is 9.16. The van der Waals surface area contributed by atoms with Gasteiger partial charge < -0.3 is 29.0 Å². The molecule has 0 bridgehead atoms. The molecule has 0 saturated carbocycles. The van der Waals surface area contributed by atoms with Crippen LogP contribution >= 0.6 is 0 Å². The van der Waals surface area contributed by atoms with Crippen LogP contribution in [0, 0.1) is 0 Å². The fourth-order valence-corrected chi connectivity index (χ4v) is 4.01. The van der Waals surface area contributed by atoms with Gasteiger partial charge in [-0.05, 0) is 29.7 Å². The van der Waals surface area contributed by atoms with Crippen molar-refractivity contribution >= 4 is 28.5 Å². The molecule has 208 valence electrons. The maximum Gasteiger partial charge on any atom is 0.417 e. The van der Waals surface area contributed by atoms with Gasteiger partial charge in [0.15, 0.2) is 6.10 Å². The van der Waals surface area contributed by atoms with Crippen LogP contribution in [0.5, 0.6) is 0 Å². The highest BCUT2D eigenvalue weighted by molar-refractivity contribution is 5.94. The second kappa shape index (κ2) is 12.3. The number of rotatable bonds is 11. The number of esters is 1. The highest BCUT2D eigenvalue weighted by Gasteiger charge is 2.35. The predicted octanol–water partition coefficient (Wildman–Crippen LogP) is 3.11. The van der Waals surface area contributed by atoms with Gasteiger partial charge in [0.05, 0.1) is 38.5 Å². The van der Waals surface area contributed by atoms with E-state index < -0.39 is 35.5 Å². The summed E-state index contributed by atoms with van der Waals surface area (Å²) in [6, 6.07) is 10.9. The lowest BCUT2D eigenvalue weighted by molar-refractivity contribution is -0.151. The van der Waals surface area contributed by atoms with Crippen LogP contribution in [0.1, 0.15) is 5.56 Å². The van der Waals surface area contributed by atoms with Gasteiger partial charge in [0.25, 0.3) is 5.56 Å². The molecule has 1 aliphatic heterocycles. The maximum absolute atomic E-state index is 13.5. The first kappa shape index (κ1) is 28.1. The Hall–Kier alpha value is -3.94. The summed E-state index contributed by atoms with van der Waals surface area (Å²) in [7, 11) is 0. The Bertz CT molecular complexity index is 1390. The number of anilines is 1. The van der Waals surface area contributed by atoms with Crippen molar-refractivity contribution in [3.8, 4) is 11.3 Å². The zero-order valence-electron chi connectivity index (χ0n) is 20.5. The van der Waals surface area contributed by atoms with Crippen molar-refractivity contribution < 1.29 is 46.8 Å². The Morgan fingerprint density at radius 3 is 2.62 bits per heavy atom. The summed E-state index contributed by atoms with van der Waals surface area (Å²) in [4.78, 5) is 40.9. The van der Waals surface area contributed by atoms with Crippen LogP contribution in [0.2, 0.25) is 0 Å². The number of nitrogens with zero attached hydrogens (tertiary/aromatic N) is 1. The van der Waals surface area contributed by atoms with Crippen molar-refractivity contribution in [3.63, 3.8) is 0 Å². The highest BCUT2D eigenvalue weighted by Crippen LogP contribution is 2.36. The standard InChI is InChI=1S/C26H25F3N2O8/c27-26(28,29)21-4-2-1-3-19(21)22-11-16-5-6-17(12-20(16)24(34)30-22)31-13-18(39-25(31)35)14-38-23(33)15-37-10-9-36-8-7-32/h1-6,11-12,18,32H,7-10,13-15H2,(H,30,34). The molecule has 1 unspecified atom stereocenters. The molecule has 0 spiro atoms. The van der Waals surface area contributed by atoms with Gasteiger partial charge in [0.1, 0.15) is 13.2 Å². The number of aromatic nitrogens is 1. The Morgan fingerprint density at radius 2 is 1.85 bits per heavy atom. The molecule has 1 aliphatic rings. The minimum atomic E-state index is -4.60. The van der Waals surface area contributed by atoms with Crippen LogP contribution < -0.4 is 10.5 Å². The number of pyridine rings is 1. The molecule has 13 heteroatoms. The summed E-state index contributed by atoms with van der Waals surface area (Å²) < 4.78 is 60.8. The summed E-state index contributed by atoms with van der Waals surface area (Å²) in [5.74, 6) is -0.660. The van der Waals surface area contributed by atoms with Crippen molar-refractivity contribution in [3.05, 3.63) is 64.4 Å². The van der Waals surface area contributed by atoms with Crippen LogP contribution in [0.15, 0.2) is 53.3 Å². The smallest absolute Gasteiger partial charge is 0.417 e. The summed E-state index contributed by atoms with van der Waals surface area (Å²) in [6.45, 7) is -0.0884. The number of carbonyl (C=O) groups is 2. The summed E-state index contributed by atoms with van der Waals surface area (Å²) in [5.41, 5.74) is -1.31. The number of amides is 1. The third kappa shape index (κ3) is 6.93. The molecular weight excluding hydrogens is 525 g/mol.